The molecule has 0 aliphatic carbocycles. The van der Waals surface area contributed by atoms with E-state index >= 15 is 0 Å². The van der Waals surface area contributed by atoms with E-state index in [0.29, 0.717) is 16.4 Å². The third kappa shape index (κ3) is 4.25. The van der Waals surface area contributed by atoms with Crippen LogP contribution in [0.3, 0.4) is 0 Å². The second-order valence-corrected chi connectivity index (χ2v) is 6.65. The zero-order chi connectivity index (χ0) is 19.6. The minimum atomic E-state index is -0.652. The van der Waals surface area contributed by atoms with E-state index in [9.17, 15) is 18.8 Å². The normalized spacial score (nSPS) is 16.3. The Labute approximate surface area is 160 Å². The molecule has 1 atom stereocenters. The van der Waals surface area contributed by atoms with E-state index in [2.05, 4.69) is 10.6 Å². The number of carbonyl (C=O) groups is 3. The largest absolute Gasteiger partial charge is 0.325 e. The van der Waals surface area contributed by atoms with Gasteiger partial charge >= 0.3 is 0 Å². The molecule has 0 aromatic heterocycles. The Morgan fingerprint density at radius 1 is 1.15 bits per heavy atom. The van der Waals surface area contributed by atoms with E-state index in [0.717, 1.165) is 0 Å². The Morgan fingerprint density at radius 3 is 2.59 bits per heavy atom. The van der Waals surface area contributed by atoms with Gasteiger partial charge in [0.2, 0.25) is 17.7 Å². The summed E-state index contributed by atoms with van der Waals surface area (Å²) in [4.78, 5) is 37.5. The molecule has 3 rings (SSSR count). The number of para-hydroxylation sites is 1. The monoisotopic (exact) mass is 389 g/mol. The number of benzene rings is 2. The van der Waals surface area contributed by atoms with Crippen molar-refractivity contribution < 1.29 is 18.8 Å². The summed E-state index contributed by atoms with van der Waals surface area (Å²) in [5.74, 6) is -2.20. The van der Waals surface area contributed by atoms with Gasteiger partial charge in [0.25, 0.3) is 0 Å². The second-order valence-electron chi connectivity index (χ2n) is 6.22. The summed E-state index contributed by atoms with van der Waals surface area (Å²) < 4.78 is 14.0. The number of nitrogens with one attached hydrogen (secondary N) is 2. The van der Waals surface area contributed by atoms with Crippen molar-refractivity contribution >= 4 is 46.4 Å². The molecule has 0 spiro atoms. The molecule has 0 bridgehead atoms. The van der Waals surface area contributed by atoms with Gasteiger partial charge in [-0.1, -0.05) is 23.7 Å². The first-order valence-corrected chi connectivity index (χ1v) is 8.66. The molecule has 140 valence electrons. The molecule has 1 fully saturated rings. The fourth-order valence-electron chi connectivity index (χ4n) is 2.94. The fraction of sp³-hybridized carbons (Fsp3) is 0.211. The van der Waals surface area contributed by atoms with Crippen LogP contribution in [-0.2, 0) is 14.4 Å². The number of carbonyl (C=O) groups excluding carboxylic acids is 3. The highest BCUT2D eigenvalue weighted by atomic mass is 35.5. The van der Waals surface area contributed by atoms with Crippen LogP contribution in [0.2, 0.25) is 5.02 Å². The maximum absolute atomic E-state index is 14.0. The lowest BCUT2D eigenvalue weighted by atomic mass is 10.1. The smallest absolute Gasteiger partial charge is 0.229 e. The molecule has 8 heteroatoms. The lowest BCUT2D eigenvalue weighted by molar-refractivity contribution is -0.122. The van der Waals surface area contributed by atoms with Crippen LogP contribution in [0.1, 0.15) is 13.3 Å². The molecule has 0 radical (unpaired) electrons. The van der Waals surface area contributed by atoms with Crippen molar-refractivity contribution in [3.05, 3.63) is 53.3 Å². The average molecular weight is 390 g/mol. The highest BCUT2D eigenvalue weighted by molar-refractivity contribution is 6.31. The Hall–Kier alpha value is -2.93. The Balaban J connectivity index is 1.76. The summed E-state index contributed by atoms with van der Waals surface area (Å²) >= 11 is 5.97. The minimum absolute atomic E-state index is 0.0315. The van der Waals surface area contributed by atoms with E-state index in [-0.39, 0.29) is 30.5 Å². The predicted molar refractivity (Wildman–Crippen MR) is 101 cm³/mol. The maximum atomic E-state index is 14.0. The van der Waals surface area contributed by atoms with Crippen molar-refractivity contribution in [1.82, 2.24) is 0 Å². The van der Waals surface area contributed by atoms with Gasteiger partial charge in [0.1, 0.15) is 5.82 Å². The number of anilines is 3. The molecule has 1 saturated heterocycles. The molecule has 1 heterocycles. The second kappa shape index (κ2) is 7.75. The maximum Gasteiger partial charge on any atom is 0.229 e. The standard InChI is InChI=1S/C19H17ClFN3O3/c1-11(25)22-15-7-6-13(20)9-16(15)23-19(27)12-8-18(26)24(10-12)17-5-3-2-4-14(17)21/h2-7,9,12H,8,10H2,1H3,(H,22,25)(H,23,27). The highest BCUT2D eigenvalue weighted by Crippen LogP contribution is 2.30. The number of rotatable bonds is 4. The summed E-state index contributed by atoms with van der Waals surface area (Å²) in [7, 11) is 0. The van der Waals surface area contributed by atoms with Gasteiger partial charge in [0.05, 0.1) is 23.0 Å². The molecule has 2 aromatic rings. The molecule has 1 aliphatic rings. The SMILES string of the molecule is CC(=O)Nc1ccc(Cl)cc1NC(=O)C1CC(=O)N(c2ccccc2F)C1. The van der Waals surface area contributed by atoms with Gasteiger partial charge in [0.15, 0.2) is 0 Å². The van der Waals surface area contributed by atoms with Crippen LogP contribution in [0, 0.1) is 11.7 Å². The molecule has 1 aliphatic heterocycles. The fourth-order valence-corrected chi connectivity index (χ4v) is 3.11. The highest BCUT2D eigenvalue weighted by Gasteiger charge is 2.36. The first kappa shape index (κ1) is 18.8. The van der Waals surface area contributed by atoms with Crippen molar-refractivity contribution in [2.45, 2.75) is 13.3 Å². The van der Waals surface area contributed by atoms with Crippen LogP contribution < -0.4 is 15.5 Å². The average Bonchev–Trinajstić information content (AvgIpc) is 2.99. The summed E-state index contributed by atoms with van der Waals surface area (Å²) in [5.41, 5.74) is 0.884. The van der Waals surface area contributed by atoms with Crippen molar-refractivity contribution in [2.24, 2.45) is 5.92 Å². The third-order valence-corrected chi connectivity index (χ3v) is 4.42. The van der Waals surface area contributed by atoms with Gasteiger partial charge in [0, 0.05) is 24.9 Å². The van der Waals surface area contributed by atoms with Crippen LogP contribution in [0.4, 0.5) is 21.5 Å². The molecular formula is C19H17ClFN3O3. The van der Waals surface area contributed by atoms with Crippen LogP contribution in [0.15, 0.2) is 42.5 Å². The van der Waals surface area contributed by atoms with E-state index in [1.165, 1.54) is 36.1 Å². The molecule has 3 amide bonds. The Bertz CT molecular complexity index is 919. The summed E-state index contributed by atoms with van der Waals surface area (Å²) in [5, 5.41) is 5.69. The van der Waals surface area contributed by atoms with Crippen molar-refractivity contribution in [3.63, 3.8) is 0 Å². The minimum Gasteiger partial charge on any atom is -0.325 e. The third-order valence-electron chi connectivity index (χ3n) is 4.19. The number of halogens is 2. The number of nitrogens with zero attached hydrogens (tertiary/aromatic N) is 1. The van der Waals surface area contributed by atoms with Gasteiger partial charge in [-0.05, 0) is 30.3 Å². The van der Waals surface area contributed by atoms with Crippen LogP contribution >= 0.6 is 11.6 Å². The summed E-state index contributed by atoms with van der Waals surface area (Å²) in [6.07, 6.45) is -0.0315. The molecular weight excluding hydrogens is 373 g/mol. The topological polar surface area (TPSA) is 78.5 Å². The molecule has 2 aromatic carbocycles. The first-order valence-electron chi connectivity index (χ1n) is 8.28. The first-order chi connectivity index (χ1) is 12.8. The molecule has 27 heavy (non-hydrogen) atoms. The van der Waals surface area contributed by atoms with Gasteiger partial charge < -0.3 is 15.5 Å². The molecule has 2 N–H and O–H groups in total. The zero-order valence-electron chi connectivity index (χ0n) is 14.5. The van der Waals surface area contributed by atoms with Gasteiger partial charge in [-0.25, -0.2) is 4.39 Å². The van der Waals surface area contributed by atoms with E-state index in [1.54, 1.807) is 18.2 Å². The van der Waals surface area contributed by atoms with Crippen LogP contribution in [-0.4, -0.2) is 24.3 Å². The molecule has 1 unspecified atom stereocenters. The van der Waals surface area contributed by atoms with E-state index in [1.807, 2.05) is 0 Å². The van der Waals surface area contributed by atoms with Gasteiger partial charge in [-0.2, -0.15) is 0 Å². The van der Waals surface area contributed by atoms with Crippen LogP contribution in [0.5, 0.6) is 0 Å². The number of hydrogen-bond donors (Lipinski definition) is 2. The predicted octanol–water partition coefficient (Wildman–Crippen LogP) is 3.43. The zero-order valence-corrected chi connectivity index (χ0v) is 15.2. The Kier molecular flexibility index (Phi) is 5.41. The summed E-state index contributed by atoms with van der Waals surface area (Å²) in [6.45, 7) is 1.42. The van der Waals surface area contributed by atoms with E-state index in [4.69, 9.17) is 11.6 Å². The molecule has 0 saturated carbocycles. The van der Waals surface area contributed by atoms with Gasteiger partial charge in [-0.3, -0.25) is 14.4 Å². The quantitative estimate of drug-likeness (QED) is 0.840. The van der Waals surface area contributed by atoms with E-state index < -0.39 is 17.6 Å². The van der Waals surface area contributed by atoms with Crippen LogP contribution in [0.25, 0.3) is 0 Å². The molecule has 6 nitrogen and oxygen atoms in total. The van der Waals surface area contributed by atoms with Crippen molar-refractivity contribution in [1.29, 1.82) is 0 Å². The lowest BCUT2D eigenvalue weighted by Crippen LogP contribution is -2.29. The number of hydrogen-bond acceptors (Lipinski definition) is 3. The van der Waals surface area contributed by atoms with Gasteiger partial charge in [-0.15, -0.1) is 0 Å². The van der Waals surface area contributed by atoms with Crippen molar-refractivity contribution in [2.75, 3.05) is 22.1 Å². The number of amides is 3. The lowest BCUT2D eigenvalue weighted by Gasteiger charge is -2.18. The Morgan fingerprint density at radius 2 is 1.89 bits per heavy atom. The van der Waals surface area contributed by atoms with Crippen molar-refractivity contribution in [3.8, 4) is 0 Å². The summed E-state index contributed by atoms with van der Waals surface area (Å²) in [6, 6.07) is 10.6.